The summed E-state index contributed by atoms with van der Waals surface area (Å²) in [4.78, 5) is 13.3. The van der Waals surface area contributed by atoms with Gasteiger partial charge in [0.25, 0.3) is 0 Å². The van der Waals surface area contributed by atoms with Crippen molar-refractivity contribution in [2.24, 2.45) is 9.98 Å². The van der Waals surface area contributed by atoms with E-state index in [2.05, 4.69) is 16.7 Å². The third-order valence-corrected chi connectivity index (χ3v) is 7.45. The number of allylic oxidation sites excluding steroid dienone is 1. The summed E-state index contributed by atoms with van der Waals surface area (Å²) < 4.78 is 18.6. The van der Waals surface area contributed by atoms with E-state index in [4.69, 9.17) is 15.5 Å². The van der Waals surface area contributed by atoms with Gasteiger partial charge in [-0.25, -0.2) is 9.98 Å². The van der Waals surface area contributed by atoms with E-state index in [1.165, 1.54) is 17.7 Å². The Hall–Kier alpha value is -2.68. The number of hydrogen-bond donors (Lipinski definition) is 1. The second kappa shape index (κ2) is 10.4. The summed E-state index contributed by atoms with van der Waals surface area (Å²) in [7, 11) is 0.437. The molecule has 0 saturated heterocycles. The zero-order chi connectivity index (χ0) is 21.5. The normalized spacial score (nSPS) is 13.2. The number of aliphatic imine (C=N–C) groups is 2. The lowest BCUT2D eigenvalue weighted by Gasteiger charge is -2.08. The SMILES string of the molecule is C=NC=N/C=C(\C)c1cc(-c2ccccc2)c2c(N)c(S(=O)CCCOC)sc2n1. The van der Waals surface area contributed by atoms with E-state index in [0.29, 0.717) is 28.7 Å². The lowest BCUT2D eigenvalue weighted by molar-refractivity contribution is 0.200. The summed E-state index contributed by atoms with van der Waals surface area (Å²) >= 11 is 1.39. The fraction of sp³-hybridized carbons (Fsp3) is 0.227. The summed E-state index contributed by atoms with van der Waals surface area (Å²) in [5.74, 6) is 0.501. The molecule has 8 heteroatoms. The average Bonchev–Trinajstić information content (AvgIpc) is 3.10. The largest absolute Gasteiger partial charge is 0.396 e. The maximum absolute atomic E-state index is 12.9. The van der Waals surface area contributed by atoms with Crippen LogP contribution in [0.3, 0.4) is 0 Å². The number of rotatable bonds is 9. The Morgan fingerprint density at radius 3 is 2.83 bits per heavy atom. The van der Waals surface area contributed by atoms with Crippen molar-refractivity contribution in [3.63, 3.8) is 0 Å². The van der Waals surface area contributed by atoms with E-state index < -0.39 is 10.8 Å². The van der Waals surface area contributed by atoms with Gasteiger partial charge in [0.05, 0.1) is 22.2 Å². The standard InChI is InChI=1S/C22H24N4O2S2/c1-15(13-25-14-24-2)18-12-17(16-8-5-4-6-9-16)19-20(23)22(29-21(19)26-18)30(27)11-7-10-28-3/h4-6,8-9,12-14H,2,7,10-11,23H2,1,3H3/b15-13+,25-14?. The molecule has 6 nitrogen and oxygen atoms in total. The number of methoxy groups -OCH3 is 1. The zero-order valence-electron chi connectivity index (χ0n) is 17.0. The van der Waals surface area contributed by atoms with E-state index in [1.807, 2.05) is 43.3 Å². The monoisotopic (exact) mass is 440 g/mol. The van der Waals surface area contributed by atoms with Crippen LogP contribution < -0.4 is 5.73 Å². The summed E-state index contributed by atoms with van der Waals surface area (Å²) in [5.41, 5.74) is 10.7. The Morgan fingerprint density at radius 1 is 1.37 bits per heavy atom. The molecule has 0 spiro atoms. The van der Waals surface area contributed by atoms with Crippen molar-refractivity contribution in [3.05, 3.63) is 48.3 Å². The Balaban J connectivity index is 2.16. The van der Waals surface area contributed by atoms with Crippen molar-refractivity contribution >= 4 is 56.7 Å². The Morgan fingerprint density at radius 2 is 2.13 bits per heavy atom. The topological polar surface area (TPSA) is 89.9 Å². The van der Waals surface area contributed by atoms with Gasteiger partial charge in [-0.2, -0.15) is 0 Å². The van der Waals surface area contributed by atoms with E-state index >= 15 is 0 Å². The second-order valence-corrected chi connectivity index (χ2v) is 9.32. The van der Waals surface area contributed by atoms with E-state index in [9.17, 15) is 4.21 Å². The molecule has 2 heterocycles. The maximum Gasteiger partial charge on any atom is 0.127 e. The lowest BCUT2D eigenvalue weighted by atomic mass is 10.0. The highest BCUT2D eigenvalue weighted by atomic mass is 32.2. The highest BCUT2D eigenvalue weighted by molar-refractivity contribution is 7.87. The molecule has 0 aliphatic heterocycles. The van der Waals surface area contributed by atoms with E-state index in [1.54, 1.807) is 13.3 Å². The number of nitrogen functional groups attached to an aromatic ring is 1. The van der Waals surface area contributed by atoms with Crippen molar-refractivity contribution in [2.75, 3.05) is 25.2 Å². The van der Waals surface area contributed by atoms with Crippen LogP contribution in [0.2, 0.25) is 0 Å². The molecule has 156 valence electrons. The van der Waals surface area contributed by atoms with Crippen molar-refractivity contribution in [1.29, 1.82) is 0 Å². The fourth-order valence-electron chi connectivity index (χ4n) is 3.00. The van der Waals surface area contributed by atoms with Gasteiger partial charge in [-0.15, -0.1) is 11.3 Å². The highest BCUT2D eigenvalue weighted by Gasteiger charge is 2.20. The van der Waals surface area contributed by atoms with Crippen LogP contribution in [-0.2, 0) is 15.5 Å². The van der Waals surface area contributed by atoms with E-state index in [-0.39, 0.29) is 0 Å². The van der Waals surface area contributed by atoms with Gasteiger partial charge >= 0.3 is 0 Å². The van der Waals surface area contributed by atoms with Gasteiger partial charge in [-0.05, 0) is 42.8 Å². The number of ether oxygens (including phenoxy) is 1. The Kier molecular flexibility index (Phi) is 7.62. The molecule has 0 amide bonds. The number of fused-ring (bicyclic) bond motifs is 1. The first kappa shape index (κ1) is 22.0. The molecule has 0 bridgehead atoms. The molecule has 3 rings (SSSR count). The minimum atomic E-state index is -1.20. The van der Waals surface area contributed by atoms with Crippen molar-refractivity contribution in [1.82, 2.24) is 4.98 Å². The number of nitrogens with zero attached hydrogens (tertiary/aromatic N) is 3. The van der Waals surface area contributed by atoms with Crippen molar-refractivity contribution in [2.45, 2.75) is 17.6 Å². The molecule has 0 aliphatic rings. The van der Waals surface area contributed by atoms with Crippen LogP contribution in [0.1, 0.15) is 19.0 Å². The molecule has 1 atom stereocenters. The van der Waals surface area contributed by atoms with Crippen LogP contribution in [0.15, 0.2) is 56.8 Å². The molecule has 1 unspecified atom stereocenters. The third kappa shape index (κ3) is 4.89. The number of anilines is 1. The van der Waals surface area contributed by atoms with E-state index in [0.717, 1.165) is 32.6 Å². The number of aromatic nitrogens is 1. The van der Waals surface area contributed by atoms with Gasteiger partial charge in [0, 0.05) is 31.1 Å². The van der Waals surface area contributed by atoms with Gasteiger partial charge < -0.3 is 10.5 Å². The van der Waals surface area contributed by atoms with Gasteiger partial charge in [-0.1, -0.05) is 30.3 Å². The zero-order valence-corrected chi connectivity index (χ0v) is 18.6. The molecule has 0 aliphatic carbocycles. The van der Waals surface area contributed by atoms with Crippen LogP contribution in [0.25, 0.3) is 26.9 Å². The molecule has 2 N–H and O–H groups in total. The van der Waals surface area contributed by atoms with Gasteiger partial charge in [0.15, 0.2) is 0 Å². The minimum Gasteiger partial charge on any atom is -0.396 e. The second-order valence-electron chi connectivity index (χ2n) is 6.56. The third-order valence-electron chi connectivity index (χ3n) is 4.46. The van der Waals surface area contributed by atoms with Crippen LogP contribution in [0.4, 0.5) is 5.69 Å². The number of benzene rings is 1. The number of thiophene rings is 1. The molecule has 3 aromatic rings. The first-order chi connectivity index (χ1) is 14.6. The van der Waals surface area contributed by atoms with Crippen molar-refractivity contribution < 1.29 is 8.95 Å². The minimum absolute atomic E-state index is 0.501. The Bertz CT molecular complexity index is 1120. The number of hydrogen-bond acceptors (Lipinski definition) is 6. The molecule has 2 aromatic heterocycles. The lowest BCUT2D eigenvalue weighted by Crippen LogP contribution is -2.02. The van der Waals surface area contributed by atoms with Crippen molar-refractivity contribution in [3.8, 4) is 11.1 Å². The van der Waals surface area contributed by atoms with Gasteiger partial charge in [-0.3, -0.25) is 9.20 Å². The fourth-order valence-corrected chi connectivity index (χ4v) is 5.63. The molecule has 0 fully saturated rings. The average molecular weight is 441 g/mol. The molecular formula is C22H24N4O2S2. The van der Waals surface area contributed by atoms with Crippen LogP contribution in [0.5, 0.6) is 0 Å². The quantitative estimate of drug-likeness (QED) is 0.295. The van der Waals surface area contributed by atoms with Gasteiger partial charge in [0.1, 0.15) is 15.4 Å². The smallest absolute Gasteiger partial charge is 0.127 e. The predicted molar refractivity (Wildman–Crippen MR) is 129 cm³/mol. The molecule has 0 saturated carbocycles. The molecule has 1 aromatic carbocycles. The first-order valence-corrected chi connectivity index (χ1v) is 11.5. The predicted octanol–water partition coefficient (Wildman–Crippen LogP) is 4.78. The molecule has 0 radical (unpaired) electrons. The Labute approximate surface area is 182 Å². The maximum atomic E-state index is 12.9. The summed E-state index contributed by atoms with van der Waals surface area (Å²) in [6.45, 7) is 5.89. The summed E-state index contributed by atoms with van der Waals surface area (Å²) in [6, 6.07) is 12.0. The van der Waals surface area contributed by atoms with Crippen LogP contribution in [-0.4, -0.2) is 41.7 Å². The summed E-state index contributed by atoms with van der Waals surface area (Å²) in [6.07, 6.45) is 3.78. The molecular weight excluding hydrogens is 416 g/mol. The number of pyridine rings is 1. The summed E-state index contributed by atoms with van der Waals surface area (Å²) in [5, 5.41) is 0.842. The molecule has 30 heavy (non-hydrogen) atoms. The van der Waals surface area contributed by atoms with Gasteiger partial charge in [0.2, 0.25) is 0 Å². The van der Waals surface area contributed by atoms with Crippen LogP contribution >= 0.6 is 11.3 Å². The highest BCUT2D eigenvalue weighted by Crippen LogP contribution is 2.42. The number of nitrogens with two attached hydrogens (primary N) is 1. The van der Waals surface area contributed by atoms with Crippen LogP contribution in [0, 0.1) is 0 Å². The first-order valence-electron chi connectivity index (χ1n) is 9.37.